The van der Waals surface area contributed by atoms with Gasteiger partial charge in [0.2, 0.25) is 5.75 Å². The smallest absolute Gasteiger partial charge is 0.314 e. The van der Waals surface area contributed by atoms with Gasteiger partial charge in [-0.3, -0.25) is 10.1 Å². The van der Waals surface area contributed by atoms with Crippen molar-refractivity contribution in [3.63, 3.8) is 0 Å². The molecular formula is C17H16FNO4. The molecule has 0 saturated carbocycles. The number of nitro benzene ring substituents is 1. The number of nitro groups is 1. The molecule has 0 radical (unpaired) electrons. The number of rotatable bonds is 7. The summed E-state index contributed by atoms with van der Waals surface area (Å²) in [5.41, 5.74) is 1.11. The van der Waals surface area contributed by atoms with Crippen LogP contribution in [0.5, 0.6) is 5.75 Å². The first kappa shape index (κ1) is 16.6. The van der Waals surface area contributed by atoms with Crippen LogP contribution in [0.15, 0.2) is 49.0 Å². The van der Waals surface area contributed by atoms with Crippen molar-refractivity contribution in [2.75, 3.05) is 13.7 Å². The van der Waals surface area contributed by atoms with Gasteiger partial charge in [0, 0.05) is 13.2 Å². The zero-order valence-electron chi connectivity index (χ0n) is 12.6. The minimum atomic E-state index is -0.803. The molecule has 0 fully saturated rings. The highest BCUT2D eigenvalue weighted by Crippen LogP contribution is 2.34. The van der Waals surface area contributed by atoms with Crippen molar-refractivity contribution in [2.45, 2.75) is 6.61 Å². The lowest BCUT2D eigenvalue weighted by Gasteiger charge is -2.11. The van der Waals surface area contributed by atoms with Gasteiger partial charge < -0.3 is 9.47 Å². The summed E-state index contributed by atoms with van der Waals surface area (Å²) >= 11 is 0. The molecule has 0 spiro atoms. The summed E-state index contributed by atoms with van der Waals surface area (Å²) in [6.45, 7) is 3.92. The predicted octanol–water partition coefficient (Wildman–Crippen LogP) is 3.97. The molecule has 0 atom stereocenters. The van der Waals surface area contributed by atoms with Gasteiger partial charge in [-0.15, -0.1) is 0 Å². The maximum Gasteiger partial charge on any atom is 0.314 e. The van der Waals surface area contributed by atoms with Gasteiger partial charge in [-0.05, 0) is 22.8 Å². The summed E-state index contributed by atoms with van der Waals surface area (Å²) in [6, 6.07) is 11.4. The van der Waals surface area contributed by atoms with Gasteiger partial charge in [-0.2, -0.15) is 0 Å². The average Bonchev–Trinajstić information content (AvgIpc) is 2.54. The molecule has 0 heterocycles. The van der Waals surface area contributed by atoms with Crippen LogP contribution in [0.25, 0.3) is 5.57 Å². The summed E-state index contributed by atoms with van der Waals surface area (Å²) < 4.78 is 24.5. The van der Waals surface area contributed by atoms with Crippen molar-refractivity contribution >= 4 is 11.3 Å². The van der Waals surface area contributed by atoms with E-state index in [1.165, 1.54) is 13.2 Å². The summed E-state index contributed by atoms with van der Waals surface area (Å²) in [7, 11) is 1.47. The molecule has 0 bridgehead atoms. The zero-order chi connectivity index (χ0) is 16.8. The van der Waals surface area contributed by atoms with Gasteiger partial charge in [0.1, 0.15) is 6.61 Å². The Labute approximate surface area is 133 Å². The topological polar surface area (TPSA) is 61.6 Å². The second kappa shape index (κ2) is 7.51. The highest BCUT2D eigenvalue weighted by molar-refractivity contribution is 5.68. The van der Waals surface area contributed by atoms with E-state index in [0.717, 1.165) is 11.6 Å². The van der Waals surface area contributed by atoms with Crippen molar-refractivity contribution < 1.29 is 18.8 Å². The van der Waals surface area contributed by atoms with Crippen molar-refractivity contribution in [1.29, 1.82) is 0 Å². The van der Waals surface area contributed by atoms with Gasteiger partial charge in [0.25, 0.3) is 0 Å². The Hall–Kier alpha value is -2.73. The largest absolute Gasteiger partial charge is 0.480 e. The molecule has 120 valence electrons. The number of hydrogen-bond acceptors (Lipinski definition) is 4. The summed E-state index contributed by atoms with van der Waals surface area (Å²) in [4.78, 5) is 10.5. The van der Waals surface area contributed by atoms with Crippen LogP contribution in [0.2, 0.25) is 0 Å². The van der Waals surface area contributed by atoms with E-state index < -0.39 is 16.4 Å². The van der Waals surface area contributed by atoms with Crippen LogP contribution in [0, 0.1) is 15.9 Å². The monoisotopic (exact) mass is 317 g/mol. The van der Waals surface area contributed by atoms with Crippen molar-refractivity contribution in [3.8, 4) is 5.75 Å². The molecule has 0 aliphatic rings. The van der Waals surface area contributed by atoms with Crippen molar-refractivity contribution in [3.05, 3.63) is 76.1 Å². The Balaban J connectivity index is 2.31. The Morgan fingerprint density at radius 2 is 2.00 bits per heavy atom. The molecule has 0 saturated heterocycles. The number of nitrogens with zero attached hydrogens (tertiary/aromatic N) is 1. The normalized spacial score (nSPS) is 10.3. The number of ether oxygens (including phenoxy) is 2. The second-order valence-corrected chi connectivity index (χ2v) is 4.87. The van der Waals surface area contributed by atoms with Crippen molar-refractivity contribution in [2.24, 2.45) is 0 Å². The molecule has 2 rings (SSSR count). The van der Waals surface area contributed by atoms with Crippen LogP contribution < -0.4 is 4.74 Å². The predicted molar refractivity (Wildman–Crippen MR) is 84.7 cm³/mol. The highest BCUT2D eigenvalue weighted by atomic mass is 19.1. The molecule has 2 aromatic rings. The molecule has 23 heavy (non-hydrogen) atoms. The summed E-state index contributed by atoms with van der Waals surface area (Å²) in [5.74, 6) is -1.18. The Morgan fingerprint density at radius 3 is 2.61 bits per heavy atom. The van der Waals surface area contributed by atoms with E-state index in [0.29, 0.717) is 11.1 Å². The van der Waals surface area contributed by atoms with Crippen LogP contribution in [-0.4, -0.2) is 18.6 Å². The maximum atomic E-state index is 14.3. The van der Waals surface area contributed by atoms with Gasteiger partial charge in [-0.1, -0.05) is 36.9 Å². The maximum absolute atomic E-state index is 14.3. The second-order valence-electron chi connectivity index (χ2n) is 4.87. The van der Waals surface area contributed by atoms with Crippen LogP contribution >= 0.6 is 0 Å². The van der Waals surface area contributed by atoms with Crippen LogP contribution in [-0.2, 0) is 11.3 Å². The first-order valence-corrected chi connectivity index (χ1v) is 6.84. The van der Waals surface area contributed by atoms with E-state index in [9.17, 15) is 14.5 Å². The van der Waals surface area contributed by atoms with E-state index in [-0.39, 0.29) is 19.0 Å². The Kier molecular flexibility index (Phi) is 5.43. The number of benzene rings is 2. The Bertz CT molecular complexity index is 716. The number of hydrogen-bond donors (Lipinski definition) is 0. The molecule has 0 unspecified atom stereocenters. The molecule has 0 aliphatic heterocycles. The first-order valence-electron chi connectivity index (χ1n) is 6.84. The fraction of sp³-hybridized carbons (Fsp3) is 0.176. The number of methoxy groups -OCH3 is 1. The molecule has 0 amide bonds. The third-order valence-corrected chi connectivity index (χ3v) is 3.17. The van der Waals surface area contributed by atoms with Crippen molar-refractivity contribution in [1.82, 2.24) is 0 Å². The van der Waals surface area contributed by atoms with Crippen LogP contribution in [0.1, 0.15) is 11.1 Å². The van der Waals surface area contributed by atoms with Gasteiger partial charge in [-0.25, -0.2) is 4.39 Å². The Morgan fingerprint density at radius 1 is 1.30 bits per heavy atom. The van der Waals surface area contributed by atoms with E-state index in [1.54, 1.807) is 24.3 Å². The quantitative estimate of drug-likeness (QED) is 0.572. The minimum absolute atomic E-state index is 0.0387. The lowest BCUT2D eigenvalue weighted by atomic mass is 10.1. The zero-order valence-corrected chi connectivity index (χ0v) is 12.6. The van der Waals surface area contributed by atoms with E-state index in [2.05, 4.69) is 6.58 Å². The van der Waals surface area contributed by atoms with E-state index in [4.69, 9.17) is 9.47 Å². The molecule has 0 aromatic heterocycles. The summed E-state index contributed by atoms with van der Waals surface area (Å²) in [5, 5.41) is 11.2. The molecular weight excluding hydrogens is 301 g/mol. The van der Waals surface area contributed by atoms with Gasteiger partial charge in [0.05, 0.1) is 11.5 Å². The average molecular weight is 317 g/mol. The fourth-order valence-electron chi connectivity index (χ4n) is 2.05. The minimum Gasteiger partial charge on any atom is -0.480 e. The fourth-order valence-corrected chi connectivity index (χ4v) is 2.05. The third-order valence-electron chi connectivity index (χ3n) is 3.17. The number of halogens is 1. The van der Waals surface area contributed by atoms with Crippen LogP contribution in [0.3, 0.4) is 0 Å². The summed E-state index contributed by atoms with van der Waals surface area (Å²) in [6.07, 6.45) is 0. The molecule has 5 nitrogen and oxygen atoms in total. The van der Waals surface area contributed by atoms with Gasteiger partial charge >= 0.3 is 5.69 Å². The van der Waals surface area contributed by atoms with E-state index >= 15 is 0 Å². The third kappa shape index (κ3) is 4.14. The van der Waals surface area contributed by atoms with Crippen LogP contribution in [0.4, 0.5) is 10.1 Å². The van der Waals surface area contributed by atoms with E-state index in [1.807, 2.05) is 6.07 Å². The molecule has 6 heteroatoms. The first-order chi connectivity index (χ1) is 11.0. The lowest BCUT2D eigenvalue weighted by Crippen LogP contribution is -2.03. The molecule has 0 N–H and O–H groups in total. The highest BCUT2D eigenvalue weighted by Gasteiger charge is 2.22. The molecule has 0 aliphatic carbocycles. The van der Waals surface area contributed by atoms with Gasteiger partial charge in [0.15, 0.2) is 5.82 Å². The standard InChI is InChI=1S/C17H16FNO4/c1-12(10-22-2)14-8-15(18)17(16(9-14)19(20)21)23-11-13-6-4-3-5-7-13/h3-9H,1,10-11H2,2H3. The SMILES string of the molecule is C=C(COC)c1cc(F)c(OCc2ccccc2)c([N+](=O)[O-])c1. The molecule has 2 aromatic carbocycles. The lowest BCUT2D eigenvalue weighted by molar-refractivity contribution is -0.386.